The van der Waals surface area contributed by atoms with Crippen molar-refractivity contribution < 1.29 is 19.0 Å². The fourth-order valence-electron chi connectivity index (χ4n) is 1.95. The molecule has 0 fully saturated rings. The van der Waals surface area contributed by atoms with Crippen LogP contribution in [-0.4, -0.2) is 31.3 Å². The molecule has 5 nitrogen and oxygen atoms in total. The highest BCUT2D eigenvalue weighted by Gasteiger charge is 2.15. The number of fused-ring (bicyclic) bond motifs is 1. The second kappa shape index (κ2) is 6.05. The van der Waals surface area contributed by atoms with Crippen molar-refractivity contribution in [3.8, 4) is 17.2 Å². The van der Waals surface area contributed by atoms with Crippen molar-refractivity contribution in [2.24, 2.45) is 0 Å². The predicted octanol–water partition coefficient (Wildman–Crippen LogP) is 2.51. The van der Waals surface area contributed by atoms with E-state index in [-0.39, 0.29) is 19.3 Å². The normalized spacial score (nSPS) is 12.2. The van der Waals surface area contributed by atoms with Gasteiger partial charge in [-0.05, 0) is 23.6 Å². The molecule has 0 N–H and O–H groups in total. The van der Waals surface area contributed by atoms with Gasteiger partial charge in [0.2, 0.25) is 6.79 Å². The van der Waals surface area contributed by atoms with Crippen molar-refractivity contribution >= 4 is 17.2 Å². The van der Waals surface area contributed by atoms with E-state index in [1.807, 2.05) is 17.5 Å². The third-order valence-electron chi connectivity index (χ3n) is 3.11. The molecule has 0 unspecified atom stereocenters. The maximum atomic E-state index is 12.0. The third kappa shape index (κ3) is 3.28. The number of hydrogen-bond acceptors (Lipinski definition) is 5. The third-order valence-corrected chi connectivity index (χ3v) is 3.97. The van der Waals surface area contributed by atoms with Gasteiger partial charge in [0.15, 0.2) is 18.1 Å². The molecule has 0 bridgehead atoms. The van der Waals surface area contributed by atoms with E-state index >= 15 is 0 Å². The molecule has 0 radical (unpaired) electrons. The lowest BCUT2D eigenvalue weighted by atomic mass is 10.3. The lowest BCUT2D eigenvalue weighted by Crippen LogP contribution is -2.30. The fourth-order valence-corrected chi connectivity index (χ4v) is 2.70. The van der Waals surface area contributed by atoms with Crippen LogP contribution in [0.5, 0.6) is 17.2 Å². The van der Waals surface area contributed by atoms with Crippen molar-refractivity contribution in [1.82, 2.24) is 4.90 Å². The number of likely N-dealkylation sites (N-methyl/N-ethyl adjacent to an activating group) is 1. The molecular weight excluding hydrogens is 290 g/mol. The molecule has 2 aromatic rings. The first-order chi connectivity index (χ1) is 10.2. The average molecular weight is 305 g/mol. The highest BCUT2D eigenvalue weighted by molar-refractivity contribution is 7.09. The minimum atomic E-state index is -0.0685. The van der Waals surface area contributed by atoms with Crippen LogP contribution in [0.15, 0.2) is 35.7 Å². The number of amides is 1. The molecule has 0 saturated carbocycles. The van der Waals surface area contributed by atoms with Gasteiger partial charge in [-0.2, -0.15) is 0 Å². The smallest absolute Gasteiger partial charge is 0.260 e. The number of thiophene rings is 1. The maximum Gasteiger partial charge on any atom is 0.260 e. The summed E-state index contributed by atoms with van der Waals surface area (Å²) in [6.45, 7) is 0.823. The number of hydrogen-bond donors (Lipinski definition) is 0. The summed E-state index contributed by atoms with van der Waals surface area (Å²) in [4.78, 5) is 14.8. The second-order valence-electron chi connectivity index (χ2n) is 4.63. The van der Waals surface area contributed by atoms with Crippen LogP contribution in [0.4, 0.5) is 0 Å². The summed E-state index contributed by atoms with van der Waals surface area (Å²) in [6.07, 6.45) is 0. The molecule has 110 valence electrons. The van der Waals surface area contributed by atoms with Crippen molar-refractivity contribution in [1.29, 1.82) is 0 Å². The quantitative estimate of drug-likeness (QED) is 0.851. The first-order valence-electron chi connectivity index (χ1n) is 6.51. The highest BCUT2D eigenvalue weighted by atomic mass is 32.1. The zero-order valence-electron chi connectivity index (χ0n) is 11.6. The number of ether oxygens (including phenoxy) is 3. The Morgan fingerprint density at radius 2 is 2.19 bits per heavy atom. The summed E-state index contributed by atoms with van der Waals surface area (Å²) in [7, 11) is 1.77. The van der Waals surface area contributed by atoms with Crippen LogP contribution >= 0.6 is 11.3 Å². The van der Waals surface area contributed by atoms with E-state index in [1.54, 1.807) is 41.5 Å². The van der Waals surface area contributed by atoms with Crippen LogP contribution in [0, 0.1) is 0 Å². The molecule has 3 rings (SSSR count). The Labute approximate surface area is 126 Å². The van der Waals surface area contributed by atoms with E-state index in [0.29, 0.717) is 23.8 Å². The molecule has 2 heterocycles. The predicted molar refractivity (Wildman–Crippen MR) is 78.9 cm³/mol. The van der Waals surface area contributed by atoms with E-state index in [2.05, 4.69) is 0 Å². The van der Waals surface area contributed by atoms with Gasteiger partial charge in [0.05, 0.1) is 6.54 Å². The fraction of sp³-hybridized carbons (Fsp3) is 0.267. The molecule has 1 amide bonds. The second-order valence-corrected chi connectivity index (χ2v) is 5.67. The van der Waals surface area contributed by atoms with Gasteiger partial charge in [-0.3, -0.25) is 4.79 Å². The van der Waals surface area contributed by atoms with Crippen LogP contribution in [0.2, 0.25) is 0 Å². The lowest BCUT2D eigenvalue weighted by Gasteiger charge is -2.16. The minimum Gasteiger partial charge on any atom is -0.484 e. The van der Waals surface area contributed by atoms with E-state index < -0.39 is 0 Å². The summed E-state index contributed by atoms with van der Waals surface area (Å²) >= 11 is 1.63. The Bertz CT molecular complexity index is 627. The molecule has 0 saturated heterocycles. The maximum absolute atomic E-state index is 12.0. The SMILES string of the molecule is CN(Cc1cccs1)C(=O)COc1ccc2c(c1)OCO2. The van der Waals surface area contributed by atoms with Crippen LogP contribution in [-0.2, 0) is 11.3 Å². The van der Waals surface area contributed by atoms with Gasteiger partial charge in [-0.1, -0.05) is 6.07 Å². The molecular formula is C15H15NO4S. The molecule has 1 aromatic carbocycles. The number of nitrogens with zero attached hydrogens (tertiary/aromatic N) is 1. The number of carbonyl (C=O) groups excluding carboxylic acids is 1. The van der Waals surface area contributed by atoms with Crippen molar-refractivity contribution in [2.75, 3.05) is 20.4 Å². The average Bonchev–Trinajstić information content (AvgIpc) is 3.14. The number of carbonyl (C=O) groups is 1. The van der Waals surface area contributed by atoms with Gasteiger partial charge in [0.1, 0.15) is 5.75 Å². The van der Waals surface area contributed by atoms with E-state index in [4.69, 9.17) is 14.2 Å². The van der Waals surface area contributed by atoms with E-state index in [9.17, 15) is 4.79 Å². The van der Waals surface area contributed by atoms with Gasteiger partial charge in [-0.25, -0.2) is 0 Å². The molecule has 6 heteroatoms. The van der Waals surface area contributed by atoms with Gasteiger partial charge in [-0.15, -0.1) is 11.3 Å². The molecule has 21 heavy (non-hydrogen) atoms. The van der Waals surface area contributed by atoms with Crippen molar-refractivity contribution in [3.05, 3.63) is 40.6 Å². The Morgan fingerprint density at radius 1 is 1.33 bits per heavy atom. The Hall–Kier alpha value is -2.21. The highest BCUT2D eigenvalue weighted by Crippen LogP contribution is 2.35. The standard InChI is InChI=1S/C15H15NO4S/c1-16(8-12-3-2-6-21-12)15(17)9-18-11-4-5-13-14(7-11)20-10-19-13/h2-7H,8-10H2,1H3. The van der Waals surface area contributed by atoms with Gasteiger partial charge < -0.3 is 19.1 Å². The van der Waals surface area contributed by atoms with E-state index in [1.165, 1.54) is 0 Å². The van der Waals surface area contributed by atoms with E-state index in [0.717, 1.165) is 4.88 Å². The molecule has 0 atom stereocenters. The van der Waals surface area contributed by atoms with Crippen LogP contribution < -0.4 is 14.2 Å². The zero-order valence-corrected chi connectivity index (χ0v) is 12.4. The number of benzene rings is 1. The molecule has 0 aliphatic carbocycles. The summed E-state index contributed by atoms with van der Waals surface area (Å²) in [5.74, 6) is 1.87. The Balaban J connectivity index is 1.53. The van der Waals surface area contributed by atoms with Crippen LogP contribution in [0.25, 0.3) is 0 Å². The molecule has 0 spiro atoms. The van der Waals surface area contributed by atoms with Crippen molar-refractivity contribution in [2.45, 2.75) is 6.54 Å². The largest absolute Gasteiger partial charge is 0.484 e. The molecule has 1 aliphatic heterocycles. The zero-order chi connectivity index (χ0) is 14.7. The van der Waals surface area contributed by atoms with Gasteiger partial charge in [0, 0.05) is 18.0 Å². The minimum absolute atomic E-state index is 0.00151. The Morgan fingerprint density at radius 3 is 3.00 bits per heavy atom. The monoisotopic (exact) mass is 305 g/mol. The van der Waals surface area contributed by atoms with Crippen LogP contribution in [0.3, 0.4) is 0 Å². The topological polar surface area (TPSA) is 48.0 Å². The van der Waals surface area contributed by atoms with Gasteiger partial charge in [0.25, 0.3) is 5.91 Å². The van der Waals surface area contributed by atoms with Crippen LogP contribution in [0.1, 0.15) is 4.88 Å². The molecule has 1 aliphatic rings. The number of rotatable bonds is 5. The Kier molecular flexibility index (Phi) is 3.96. The summed E-state index contributed by atoms with van der Waals surface area (Å²) in [6, 6.07) is 9.25. The summed E-state index contributed by atoms with van der Waals surface area (Å²) in [5.41, 5.74) is 0. The first-order valence-corrected chi connectivity index (χ1v) is 7.39. The van der Waals surface area contributed by atoms with Crippen molar-refractivity contribution in [3.63, 3.8) is 0 Å². The molecule has 1 aromatic heterocycles. The lowest BCUT2D eigenvalue weighted by molar-refractivity contribution is -0.132. The first kappa shape index (κ1) is 13.8. The summed E-state index contributed by atoms with van der Waals surface area (Å²) in [5, 5.41) is 2.00. The summed E-state index contributed by atoms with van der Waals surface area (Å²) < 4.78 is 16.0. The van der Waals surface area contributed by atoms with Gasteiger partial charge >= 0.3 is 0 Å².